The van der Waals surface area contributed by atoms with Crippen LogP contribution in [0.25, 0.3) is 65.7 Å². The molecule has 1 nitrogen and oxygen atoms in total. The molecule has 0 saturated carbocycles. The van der Waals surface area contributed by atoms with Crippen molar-refractivity contribution in [3.63, 3.8) is 0 Å². The molecule has 1 heteroatoms. The van der Waals surface area contributed by atoms with Crippen molar-refractivity contribution in [3.8, 4) is 33.4 Å². The van der Waals surface area contributed by atoms with E-state index in [1.807, 2.05) is 0 Å². The molecule has 9 aromatic rings. The van der Waals surface area contributed by atoms with Crippen LogP contribution in [0.2, 0.25) is 0 Å². The maximum absolute atomic E-state index is 2.40. The van der Waals surface area contributed by atoms with Crippen LogP contribution in [0.3, 0.4) is 0 Å². The normalized spacial score (nSPS) is 11.4. The Bertz CT molecular complexity index is 2480. The molecule has 0 amide bonds. The third-order valence-electron chi connectivity index (χ3n) is 9.72. The molecule has 226 valence electrons. The van der Waals surface area contributed by atoms with Crippen LogP contribution in [-0.4, -0.2) is 0 Å². The molecule has 0 heterocycles. The molecule has 0 aliphatic heterocycles. The molecule has 0 aliphatic rings. The van der Waals surface area contributed by atoms with Gasteiger partial charge >= 0.3 is 0 Å². The van der Waals surface area contributed by atoms with Crippen LogP contribution >= 0.6 is 0 Å². The van der Waals surface area contributed by atoms with E-state index in [9.17, 15) is 0 Å². The third-order valence-corrected chi connectivity index (χ3v) is 9.72. The van der Waals surface area contributed by atoms with Gasteiger partial charge in [-0.1, -0.05) is 133 Å². The van der Waals surface area contributed by atoms with Gasteiger partial charge in [0.15, 0.2) is 0 Å². The van der Waals surface area contributed by atoms with E-state index in [0.717, 1.165) is 11.4 Å². The monoisotopic (exact) mass is 611 g/mol. The molecule has 0 fully saturated rings. The molecule has 0 aliphatic carbocycles. The predicted molar refractivity (Wildman–Crippen MR) is 206 cm³/mol. The van der Waals surface area contributed by atoms with E-state index in [1.54, 1.807) is 0 Å². The summed E-state index contributed by atoms with van der Waals surface area (Å²) in [6.45, 7) is 2.21. The zero-order chi connectivity index (χ0) is 32.0. The lowest BCUT2D eigenvalue weighted by molar-refractivity contribution is 1.30. The number of aryl methyl sites for hydroxylation is 1. The van der Waals surface area contributed by atoms with Crippen molar-refractivity contribution in [2.45, 2.75) is 6.92 Å². The van der Waals surface area contributed by atoms with E-state index in [-0.39, 0.29) is 0 Å². The van der Waals surface area contributed by atoms with Gasteiger partial charge in [-0.05, 0) is 121 Å². The summed E-state index contributed by atoms with van der Waals surface area (Å²) < 4.78 is 0. The van der Waals surface area contributed by atoms with Crippen LogP contribution in [0.5, 0.6) is 0 Å². The molecular weight excluding hydrogens is 579 g/mol. The van der Waals surface area contributed by atoms with Gasteiger partial charge in [-0.25, -0.2) is 0 Å². The van der Waals surface area contributed by atoms with Crippen molar-refractivity contribution in [2.75, 3.05) is 4.90 Å². The van der Waals surface area contributed by atoms with E-state index in [2.05, 4.69) is 194 Å². The van der Waals surface area contributed by atoms with Crippen molar-refractivity contribution in [2.24, 2.45) is 0 Å². The van der Waals surface area contributed by atoms with Crippen molar-refractivity contribution in [1.29, 1.82) is 0 Å². The van der Waals surface area contributed by atoms with Gasteiger partial charge in [0.05, 0.1) is 5.69 Å². The van der Waals surface area contributed by atoms with Crippen molar-refractivity contribution in [1.82, 2.24) is 0 Å². The Kier molecular flexibility index (Phi) is 6.76. The molecule has 0 radical (unpaired) electrons. The van der Waals surface area contributed by atoms with E-state index < -0.39 is 0 Å². The SMILES string of the molecule is Cc1ccc2ccc3c(N(c4ccccc4)c4ccc(-c5cc(-c6ccccc6)cc(-c6ccccc6)c5)cc4)ccc4ccc1c2c43. The summed E-state index contributed by atoms with van der Waals surface area (Å²) in [7, 11) is 0. The zero-order valence-electron chi connectivity index (χ0n) is 26.8. The standard InChI is InChI=1S/C47H33N/c1-32-17-18-36-22-27-44-45(28-23-37-21-26-43(32)46(36)47(37)44)48(41-15-9-4-10-16-41)42-24-19-35(20-25-42)40-30-38(33-11-5-2-6-12-33)29-39(31-40)34-13-7-3-8-14-34/h2-31H,1H3. The zero-order valence-corrected chi connectivity index (χ0v) is 26.8. The Morgan fingerprint density at radius 3 is 1.35 bits per heavy atom. The summed E-state index contributed by atoms with van der Waals surface area (Å²) in [5, 5.41) is 7.82. The third kappa shape index (κ3) is 4.80. The van der Waals surface area contributed by atoms with Crippen LogP contribution in [-0.2, 0) is 0 Å². The number of hydrogen-bond acceptors (Lipinski definition) is 1. The second kappa shape index (κ2) is 11.6. The molecule has 9 rings (SSSR count). The van der Waals surface area contributed by atoms with Crippen LogP contribution in [0.1, 0.15) is 5.56 Å². The second-order valence-corrected chi connectivity index (χ2v) is 12.6. The van der Waals surface area contributed by atoms with Crippen LogP contribution in [0.4, 0.5) is 17.1 Å². The Morgan fingerprint density at radius 2 is 0.771 bits per heavy atom. The lowest BCUT2D eigenvalue weighted by Crippen LogP contribution is -2.10. The number of benzene rings is 9. The highest BCUT2D eigenvalue weighted by Gasteiger charge is 2.19. The highest BCUT2D eigenvalue weighted by molar-refractivity contribution is 6.26. The molecule has 0 saturated heterocycles. The maximum Gasteiger partial charge on any atom is 0.0540 e. The number of hydrogen-bond donors (Lipinski definition) is 0. The average molecular weight is 612 g/mol. The Hall–Kier alpha value is -6.18. The van der Waals surface area contributed by atoms with E-state index in [1.165, 1.54) is 76.9 Å². The number of nitrogens with zero attached hydrogens (tertiary/aromatic N) is 1. The Balaban J connectivity index is 1.20. The smallest absolute Gasteiger partial charge is 0.0540 e. The predicted octanol–water partition coefficient (Wildman–Crippen LogP) is 13.4. The van der Waals surface area contributed by atoms with E-state index in [4.69, 9.17) is 0 Å². The molecule has 0 spiro atoms. The molecule has 0 unspecified atom stereocenters. The molecular formula is C47H33N. The molecule has 48 heavy (non-hydrogen) atoms. The fourth-order valence-electron chi connectivity index (χ4n) is 7.32. The summed E-state index contributed by atoms with van der Waals surface area (Å²) in [5.41, 5.74) is 12.0. The number of rotatable bonds is 6. The van der Waals surface area contributed by atoms with Crippen LogP contribution in [0, 0.1) is 6.92 Å². The van der Waals surface area contributed by atoms with Gasteiger partial charge in [0, 0.05) is 16.8 Å². The minimum atomic E-state index is 1.12. The van der Waals surface area contributed by atoms with Gasteiger partial charge in [0.1, 0.15) is 0 Å². The van der Waals surface area contributed by atoms with Crippen LogP contribution < -0.4 is 4.90 Å². The second-order valence-electron chi connectivity index (χ2n) is 12.6. The minimum absolute atomic E-state index is 1.12. The largest absolute Gasteiger partial charge is 0.310 e. The molecule has 9 aromatic carbocycles. The molecule has 0 N–H and O–H groups in total. The van der Waals surface area contributed by atoms with Crippen molar-refractivity contribution in [3.05, 3.63) is 188 Å². The van der Waals surface area contributed by atoms with E-state index in [0.29, 0.717) is 0 Å². The first-order chi connectivity index (χ1) is 23.7. The number of anilines is 3. The Labute approximate surface area is 281 Å². The molecule has 0 atom stereocenters. The quantitative estimate of drug-likeness (QED) is 0.169. The first kappa shape index (κ1) is 28.1. The lowest BCUT2D eigenvalue weighted by atomic mass is 9.91. The fourth-order valence-corrected chi connectivity index (χ4v) is 7.32. The summed E-state index contributed by atoms with van der Waals surface area (Å²) in [5.74, 6) is 0. The van der Waals surface area contributed by atoms with Gasteiger partial charge in [-0.3, -0.25) is 0 Å². The molecule has 0 aromatic heterocycles. The maximum atomic E-state index is 2.40. The van der Waals surface area contributed by atoms with Gasteiger partial charge in [0.25, 0.3) is 0 Å². The van der Waals surface area contributed by atoms with Gasteiger partial charge in [0.2, 0.25) is 0 Å². The highest BCUT2D eigenvalue weighted by atomic mass is 15.1. The average Bonchev–Trinajstić information content (AvgIpc) is 3.16. The van der Waals surface area contributed by atoms with Crippen molar-refractivity contribution < 1.29 is 0 Å². The highest BCUT2D eigenvalue weighted by Crippen LogP contribution is 2.44. The fraction of sp³-hybridized carbons (Fsp3) is 0.0213. The first-order valence-corrected chi connectivity index (χ1v) is 16.6. The van der Waals surface area contributed by atoms with Crippen molar-refractivity contribution >= 4 is 49.4 Å². The van der Waals surface area contributed by atoms with Gasteiger partial charge in [-0.2, -0.15) is 0 Å². The minimum Gasteiger partial charge on any atom is -0.310 e. The summed E-state index contributed by atoms with van der Waals surface area (Å²) in [6, 6.07) is 66.2. The van der Waals surface area contributed by atoms with Gasteiger partial charge < -0.3 is 4.90 Å². The van der Waals surface area contributed by atoms with E-state index >= 15 is 0 Å². The molecule has 0 bridgehead atoms. The topological polar surface area (TPSA) is 3.24 Å². The summed E-state index contributed by atoms with van der Waals surface area (Å²) in [4.78, 5) is 2.40. The lowest BCUT2D eigenvalue weighted by Gasteiger charge is -2.28. The van der Waals surface area contributed by atoms with Gasteiger partial charge in [-0.15, -0.1) is 0 Å². The Morgan fingerprint density at radius 1 is 0.333 bits per heavy atom. The summed E-state index contributed by atoms with van der Waals surface area (Å²) in [6.07, 6.45) is 0. The first-order valence-electron chi connectivity index (χ1n) is 16.6. The summed E-state index contributed by atoms with van der Waals surface area (Å²) >= 11 is 0. The van der Waals surface area contributed by atoms with Crippen LogP contribution in [0.15, 0.2) is 182 Å². The number of para-hydroxylation sites is 1.